The third-order valence-electron chi connectivity index (χ3n) is 3.72. The summed E-state index contributed by atoms with van der Waals surface area (Å²) in [6.45, 7) is 1.29. The molecule has 0 aliphatic heterocycles. The van der Waals surface area contributed by atoms with E-state index in [0.717, 1.165) is 13.0 Å². The fourth-order valence-corrected chi connectivity index (χ4v) is 2.86. The van der Waals surface area contributed by atoms with Gasteiger partial charge in [-0.15, -0.1) is 0 Å². The maximum Gasteiger partial charge on any atom is 0.270 e. The number of aryl methyl sites for hydroxylation is 1. The molecule has 132 valence electrons. The minimum Gasteiger partial charge on any atom is -0.493 e. The number of nitrogens with zero attached hydrogens (tertiary/aromatic N) is 4. The smallest absolute Gasteiger partial charge is 0.270 e. The van der Waals surface area contributed by atoms with E-state index < -0.39 is 5.56 Å². The lowest BCUT2D eigenvalue weighted by atomic mass is 10.1. The predicted octanol–water partition coefficient (Wildman–Crippen LogP) is 2.70. The lowest BCUT2D eigenvalue weighted by Gasteiger charge is -2.12. The van der Waals surface area contributed by atoms with Crippen molar-refractivity contribution in [3.63, 3.8) is 0 Å². The Balaban J connectivity index is 1.84. The summed E-state index contributed by atoms with van der Waals surface area (Å²) in [5.41, 5.74) is 0.507. The predicted molar refractivity (Wildman–Crippen MR) is 99.1 cm³/mol. The number of benzene rings is 1. The molecule has 0 fully saturated rings. The summed E-state index contributed by atoms with van der Waals surface area (Å²) >= 11 is 1.31. The van der Waals surface area contributed by atoms with Gasteiger partial charge in [-0.05, 0) is 24.8 Å². The van der Waals surface area contributed by atoms with Crippen molar-refractivity contribution in [2.45, 2.75) is 18.1 Å². The Bertz CT molecular complexity index is 976. The highest BCUT2D eigenvalue weighted by atomic mass is 32.2. The number of nitriles is 1. The first kappa shape index (κ1) is 17.8. The number of aromatic nitrogens is 4. The first-order chi connectivity index (χ1) is 12.7. The molecule has 3 rings (SSSR count). The Morgan fingerprint density at radius 3 is 2.96 bits per heavy atom. The van der Waals surface area contributed by atoms with Gasteiger partial charge in [0, 0.05) is 24.5 Å². The molecular weight excluding hydrogens is 350 g/mol. The Kier molecular flexibility index (Phi) is 5.71. The zero-order valence-corrected chi connectivity index (χ0v) is 15.0. The van der Waals surface area contributed by atoms with Crippen molar-refractivity contribution in [2.24, 2.45) is 0 Å². The van der Waals surface area contributed by atoms with Crippen LogP contribution in [-0.2, 0) is 6.54 Å². The van der Waals surface area contributed by atoms with Crippen LogP contribution in [0.4, 0.5) is 0 Å². The second-order valence-corrected chi connectivity index (χ2v) is 6.20. The van der Waals surface area contributed by atoms with Gasteiger partial charge < -0.3 is 14.3 Å². The summed E-state index contributed by atoms with van der Waals surface area (Å²) in [4.78, 5) is 23.2. The molecule has 0 unspecified atom stereocenters. The summed E-state index contributed by atoms with van der Waals surface area (Å²) in [5.74, 6) is 0.597. The van der Waals surface area contributed by atoms with Crippen molar-refractivity contribution in [1.82, 2.24) is 19.5 Å². The van der Waals surface area contributed by atoms with Gasteiger partial charge in [0.1, 0.15) is 23.1 Å². The Hall–Kier alpha value is -3.05. The maximum absolute atomic E-state index is 12.1. The fourth-order valence-electron chi connectivity index (χ4n) is 2.48. The Labute approximate surface area is 154 Å². The molecule has 0 spiro atoms. The summed E-state index contributed by atoms with van der Waals surface area (Å²) in [6, 6.07) is 9.24. The van der Waals surface area contributed by atoms with Gasteiger partial charge in [-0.2, -0.15) is 5.26 Å². The molecule has 0 atom stereocenters. The topological polar surface area (TPSA) is 96.6 Å². The van der Waals surface area contributed by atoms with E-state index in [9.17, 15) is 10.1 Å². The molecular formula is C18H17N5O2S. The van der Waals surface area contributed by atoms with Crippen LogP contribution >= 0.6 is 11.8 Å². The molecule has 0 saturated carbocycles. The van der Waals surface area contributed by atoms with Crippen LogP contribution in [0.2, 0.25) is 0 Å². The van der Waals surface area contributed by atoms with Gasteiger partial charge in [-0.3, -0.25) is 4.79 Å². The molecule has 26 heavy (non-hydrogen) atoms. The van der Waals surface area contributed by atoms with E-state index in [1.165, 1.54) is 11.8 Å². The summed E-state index contributed by atoms with van der Waals surface area (Å²) < 4.78 is 7.88. The lowest BCUT2D eigenvalue weighted by Crippen LogP contribution is -2.15. The first-order valence-corrected chi connectivity index (χ1v) is 9.21. The Morgan fingerprint density at radius 2 is 2.23 bits per heavy atom. The van der Waals surface area contributed by atoms with Crippen molar-refractivity contribution in [2.75, 3.05) is 12.9 Å². The van der Waals surface area contributed by atoms with Crippen LogP contribution in [0, 0.1) is 11.3 Å². The molecule has 1 N–H and O–H groups in total. The number of aromatic amines is 1. The third-order valence-corrected chi connectivity index (χ3v) is 4.30. The van der Waals surface area contributed by atoms with Gasteiger partial charge in [0.05, 0.1) is 12.9 Å². The lowest BCUT2D eigenvalue weighted by molar-refractivity contribution is 0.303. The van der Waals surface area contributed by atoms with Gasteiger partial charge in [0.2, 0.25) is 0 Å². The molecule has 0 radical (unpaired) electrons. The molecule has 7 nitrogen and oxygen atoms in total. The van der Waals surface area contributed by atoms with E-state index in [-0.39, 0.29) is 5.56 Å². The second kappa shape index (κ2) is 8.36. The SMILES string of the molecule is CSc1nc(-c2ccccc2OCCCn2ccnc2)c(C#N)c(=O)[nH]1. The molecule has 0 bridgehead atoms. The van der Waals surface area contributed by atoms with Gasteiger partial charge in [-0.25, -0.2) is 9.97 Å². The molecule has 3 aromatic rings. The number of thioether (sulfide) groups is 1. The molecule has 8 heteroatoms. The highest BCUT2D eigenvalue weighted by Crippen LogP contribution is 2.30. The number of imidazole rings is 1. The number of nitrogens with one attached hydrogen (secondary N) is 1. The molecule has 0 aliphatic rings. The highest BCUT2D eigenvalue weighted by molar-refractivity contribution is 7.98. The number of hydrogen-bond donors (Lipinski definition) is 1. The van der Waals surface area contributed by atoms with E-state index in [4.69, 9.17) is 4.74 Å². The first-order valence-electron chi connectivity index (χ1n) is 7.99. The summed E-state index contributed by atoms with van der Waals surface area (Å²) in [6.07, 6.45) is 8.01. The van der Waals surface area contributed by atoms with E-state index >= 15 is 0 Å². The quantitative estimate of drug-likeness (QED) is 0.392. The normalized spacial score (nSPS) is 10.5. The molecule has 0 amide bonds. The number of rotatable bonds is 7. The zero-order valence-electron chi connectivity index (χ0n) is 14.2. The van der Waals surface area contributed by atoms with Crippen LogP contribution in [0.1, 0.15) is 12.0 Å². The van der Waals surface area contributed by atoms with Crippen molar-refractivity contribution in [3.05, 3.63) is 58.9 Å². The average Bonchev–Trinajstić information content (AvgIpc) is 3.18. The zero-order chi connectivity index (χ0) is 18.4. The van der Waals surface area contributed by atoms with Crippen molar-refractivity contribution >= 4 is 11.8 Å². The standard InChI is InChI=1S/C18H17N5O2S/c1-26-18-21-16(14(11-19)17(24)22-18)13-5-2-3-6-15(13)25-10-4-8-23-9-7-20-12-23/h2-3,5-7,9,12H,4,8,10H2,1H3,(H,21,22,24). The largest absolute Gasteiger partial charge is 0.493 e. The monoisotopic (exact) mass is 367 g/mol. The van der Waals surface area contributed by atoms with Gasteiger partial charge >= 0.3 is 0 Å². The van der Waals surface area contributed by atoms with Crippen LogP contribution in [-0.4, -0.2) is 32.4 Å². The van der Waals surface area contributed by atoms with Gasteiger partial charge in [0.25, 0.3) is 5.56 Å². The summed E-state index contributed by atoms with van der Waals surface area (Å²) in [7, 11) is 0. The van der Waals surface area contributed by atoms with E-state index in [1.54, 1.807) is 18.6 Å². The van der Waals surface area contributed by atoms with Crippen LogP contribution < -0.4 is 10.3 Å². The van der Waals surface area contributed by atoms with Gasteiger partial charge in [-0.1, -0.05) is 23.9 Å². The van der Waals surface area contributed by atoms with Crippen molar-refractivity contribution in [3.8, 4) is 23.1 Å². The van der Waals surface area contributed by atoms with Crippen molar-refractivity contribution in [1.29, 1.82) is 5.26 Å². The molecule has 2 heterocycles. The number of H-pyrrole nitrogens is 1. The average molecular weight is 367 g/mol. The fraction of sp³-hybridized carbons (Fsp3) is 0.222. The van der Waals surface area contributed by atoms with Crippen LogP contribution in [0.5, 0.6) is 5.75 Å². The van der Waals surface area contributed by atoms with E-state index in [0.29, 0.717) is 28.8 Å². The molecule has 1 aromatic carbocycles. The van der Waals surface area contributed by atoms with E-state index in [2.05, 4.69) is 15.0 Å². The minimum absolute atomic E-state index is 0.0164. The van der Waals surface area contributed by atoms with Gasteiger partial charge in [0.15, 0.2) is 5.16 Å². The number of hydrogen-bond acceptors (Lipinski definition) is 6. The van der Waals surface area contributed by atoms with Crippen LogP contribution in [0.3, 0.4) is 0 Å². The molecule has 0 saturated heterocycles. The number of ether oxygens (including phenoxy) is 1. The highest BCUT2D eigenvalue weighted by Gasteiger charge is 2.16. The molecule has 0 aliphatic carbocycles. The maximum atomic E-state index is 12.1. The molecule has 2 aromatic heterocycles. The van der Waals surface area contributed by atoms with Crippen molar-refractivity contribution < 1.29 is 4.74 Å². The third kappa shape index (κ3) is 3.95. The van der Waals surface area contributed by atoms with Crippen LogP contribution in [0.25, 0.3) is 11.3 Å². The Morgan fingerprint density at radius 1 is 1.38 bits per heavy atom. The number of para-hydroxylation sites is 1. The van der Waals surface area contributed by atoms with E-state index in [1.807, 2.05) is 41.3 Å². The van der Waals surface area contributed by atoms with Crippen LogP contribution in [0.15, 0.2) is 52.9 Å². The second-order valence-electron chi connectivity index (χ2n) is 5.41. The minimum atomic E-state index is -0.447. The summed E-state index contributed by atoms with van der Waals surface area (Å²) in [5, 5.41) is 9.83.